The lowest BCUT2D eigenvalue weighted by molar-refractivity contribution is 0.248. The van der Waals surface area contributed by atoms with Crippen molar-refractivity contribution in [3.63, 3.8) is 0 Å². The Kier molecular flexibility index (Phi) is 2.29. The molecular formula is C12H13ClN4O2. The number of rotatable bonds is 2. The maximum atomic E-state index is 11.7. The highest BCUT2D eigenvalue weighted by molar-refractivity contribution is 6.28. The third-order valence-electron chi connectivity index (χ3n) is 4.61. The maximum Gasteiger partial charge on any atom is 0.280 e. The van der Waals surface area contributed by atoms with Gasteiger partial charge in [0.25, 0.3) is 5.56 Å². The number of hydrogen-bond donors (Lipinski definition) is 2. The monoisotopic (exact) mass is 280 g/mol. The molecule has 100 valence electrons. The van der Waals surface area contributed by atoms with E-state index in [9.17, 15) is 9.90 Å². The number of aromatic amines is 1. The summed E-state index contributed by atoms with van der Waals surface area (Å²) in [5, 5.41) is 9.27. The summed E-state index contributed by atoms with van der Waals surface area (Å²) in [6.45, 7) is 0.288. The number of nitrogens with one attached hydrogen (secondary N) is 1. The average Bonchev–Trinajstić information content (AvgIpc) is 2.78. The second-order valence-corrected chi connectivity index (χ2v) is 5.84. The van der Waals surface area contributed by atoms with E-state index >= 15 is 0 Å². The van der Waals surface area contributed by atoms with Gasteiger partial charge < -0.3 is 9.67 Å². The maximum absolute atomic E-state index is 11.7. The van der Waals surface area contributed by atoms with Gasteiger partial charge in [0.2, 0.25) is 5.28 Å². The molecule has 2 aromatic heterocycles. The fourth-order valence-corrected chi connectivity index (χ4v) is 3.78. The summed E-state index contributed by atoms with van der Waals surface area (Å²) in [5.74, 6) is 1.71. The van der Waals surface area contributed by atoms with Crippen molar-refractivity contribution >= 4 is 22.8 Å². The number of halogens is 1. The van der Waals surface area contributed by atoms with E-state index in [2.05, 4.69) is 15.0 Å². The zero-order valence-corrected chi connectivity index (χ0v) is 10.8. The van der Waals surface area contributed by atoms with E-state index in [-0.39, 0.29) is 17.4 Å². The molecule has 2 N–H and O–H groups in total. The summed E-state index contributed by atoms with van der Waals surface area (Å²) in [6, 6.07) is 0.313. The SMILES string of the molecule is O=c1[nH]c(Cl)nc2c1ncn2C1C[C@@H]2C(CO)[C@@H]2C1. The standard InChI is InChI=1S/C12H13ClN4O2/c13-12-15-10-9(11(19)16-12)14-4-17(10)5-1-6-7(2-5)8(6)3-18/h4-8,18H,1-3H2,(H,15,16,19)/t5?,6-,7+,8?. The van der Waals surface area contributed by atoms with Crippen molar-refractivity contribution in [2.24, 2.45) is 17.8 Å². The Hall–Kier alpha value is -1.40. The minimum atomic E-state index is -0.301. The molecule has 2 unspecified atom stereocenters. The van der Waals surface area contributed by atoms with Crippen LogP contribution in [0.15, 0.2) is 11.1 Å². The Bertz CT molecular complexity index is 697. The number of hydrogen-bond acceptors (Lipinski definition) is 4. The fraction of sp³-hybridized carbons (Fsp3) is 0.583. The first-order chi connectivity index (χ1) is 9.19. The normalized spacial score (nSPS) is 32.7. The molecular weight excluding hydrogens is 268 g/mol. The van der Waals surface area contributed by atoms with Gasteiger partial charge in [-0.3, -0.25) is 9.78 Å². The number of imidazole rings is 1. The summed E-state index contributed by atoms with van der Waals surface area (Å²) < 4.78 is 1.96. The van der Waals surface area contributed by atoms with Crippen LogP contribution in [0.2, 0.25) is 5.28 Å². The van der Waals surface area contributed by atoms with Gasteiger partial charge in [-0.2, -0.15) is 4.98 Å². The van der Waals surface area contributed by atoms with Crippen LogP contribution in [-0.2, 0) is 0 Å². The first-order valence-electron chi connectivity index (χ1n) is 6.42. The zero-order chi connectivity index (χ0) is 13.1. The highest BCUT2D eigenvalue weighted by Gasteiger charge is 2.55. The largest absolute Gasteiger partial charge is 0.396 e. The number of aliphatic hydroxyl groups excluding tert-OH is 1. The van der Waals surface area contributed by atoms with Gasteiger partial charge in [-0.25, -0.2) is 4.98 Å². The molecule has 0 bridgehead atoms. The zero-order valence-electron chi connectivity index (χ0n) is 10.1. The molecule has 2 aliphatic rings. The predicted molar refractivity (Wildman–Crippen MR) is 69.0 cm³/mol. The minimum absolute atomic E-state index is 0.0932. The third-order valence-corrected chi connectivity index (χ3v) is 4.78. The van der Waals surface area contributed by atoms with Crippen LogP contribution >= 0.6 is 11.6 Å². The summed E-state index contributed by atoms with van der Waals surface area (Å²) in [7, 11) is 0. The Morgan fingerprint density at radius 2 is 2.21 bits per heavy atom. The summed E-state index contributed by atoms with van der Waals surface area (Å²) in [4.78, 5) is 22.5. The highest BCUT2D eigenvalue weighted by atomic mass is 35.5. The molecule has 2 fully saturated rings. The lowest BCUT2D eigenvalue weighted by atomic mass is 10.1. The predicted octanol–water partition coefficient (Wildman–Crippen LogP) is 0.962. The van der Waals surface area contributed by atoms with Crippen LogP contribution < -0.4 is 5.56 Å². The Morgan fingerprint density at radius 1 is 1.47 bits per heavy atom. The van der Waals surface area contributed by atoms with Crippen molar-refractivity contribution in [3.8, 4) is 0 Å². The van der Waals surface area contributed by atoms with E-state index < -0.39 is 0 Å². The van der Waals surface area contributed by atoms with E-state index in [1.165, 1.54) is 0 Å². The molecule has 2 heterocycles. The molecule has 0 spiro atoms. The Labute approximate surface area is 113 Å². The quantitative estimate of drug-likeness (QED) is 0.803. The van der Waals surface area contributed by atoms with Gasteiger partial charge in [0.05, 0.1) is 6.33 Å². The van der Waals surface area contributed by atoms with Gasteiger partial charge >= 0.3 is 0 Å². The van der Waals surface area contributed by atoms with Crippen molar-refractivity contribution in [3.05, 3.63) is 22.0 Å². The minimum Gasteiger partial charge on any atom is -0.396 e. The fourth-order valence-electron chi connectivity index (χ4n) is 3.61. The van der Waals surface area contributed by atoms with Gasteiger partial charge in [-0.05, 0) is 42.2 Å². The molecule has 2 aromatic rings. The van der Waals surface area contributed by atoms with Gasteiger partial charge in [0, 0.05) is 12.6 Å². The molecule has 2 saturated carbocycles. The van der Waals surface area contributed by atoms with Gasteiger partial charge in [-0.1, -0.05) is 0 Å². The Balaban J connectivity index is 1.72. The molecule has 4 rings (SSSR count). The summed E-state index contributed by atoms with van der Waals surface area (Å²) >= 11 is 5.80. The van der Waals surface area contributed by atoms with E-state index in [0.29, 0.717) is 35.0 Å². The lowest BCUT2D eigenvalue weighted by Gasteiger charge is -2.15. The van der Waals surface area contributed by atoms with E-state index in [1.54, 1.807) is 6.33 Å². The van der Waals surface area contributed by atoms with E-state index in [1.807, 2.05) is 4.57 Å². The molecule has 19 heavy (non-hydrogen) atoms. The molecule has 6 nitrogen and oxygen atoms in total. The molecule has 0 aliphatic heterocycles. The smallest absolute Gasteiger partial charge is 0.280 e. The van der Waals surface area contributed by atoms with Crippen molar-refractivity contribution in [2.45, 2.75) is 18.9 Å². The number of fused-ring (bicyclic) bond motifs is 2. The van der Waals surface area contributed by atoms with Gasteiger partial charge in [0.1, 0.15) is 0 Å². The average molecular weight is 281 g/mol. The summed E-state index contributed by atoms with van der Waals surface area (Å²) in [5.41, 5.74) is 0.592. The van der Waals surface area contributed by atoms with Gasteiger partial charge in [-0.15, -0.1) is 0 Å². The first kappa shape index (κ1) is 11.4. The van der Waals surface area contributed by atoms with Crippen molar-refractivity contribution in [1.82, 2.24) is 19.5 Å². The van der Waals surface area contributed by atoms with Crippen LogP contribution in [0.1, 0.15) is 18.9 Å². The number of nitrogens with zero attached hydrogens (tertiary/aromatic N) is 3. The molecule has 4 atom stereocenters. The second-order valence-electron chi connectivity index (χ2n) is 5.48. The number of H-pyrrole nitrogens is 1. The first-order valence-corrected chi connectivity index (χ1v) is 6.80. The third kappa shape index (κ3) is 1.56. The van der Waals surface area contributed by atoms with Crippen LogP contribution in [0.3, 0.4) is 0 Å². The van der Waals surface area contributed by atoms with Crippen molar-refractivity contribution < 1.29 is 5.11 Å². The second kappa shape index (κ2) is 3.80. The lowest BCUT2D eigenvalue weighted by Crippen LogP contribution is -2.12. The van der Waals surface area contributed by atoms with Crippen molar-refractivity contribution in [2.75, 3.05) is 6.61 Å². The number of aliphatic hydroxyl groups is 1. The van der Waals surface area contributed by atoms with Crippen LogP contribution in [-0.4, -0.2) is 31.2 Å². The highest BCUT2D eigenvalue weighted by Crippen LogP contribution is 2.60. The van der Waals surface area contributed by atoms with Crippen LogP contribution in [0.4, 0.5) is 0 Å². The molecule has 7 heteroatoms. The molecule has 0 radical (unpaired) electrons. The summed E-state index contributed by atoms with van der Waals surface area (Å²) in [6.07, 6.45) is 3.72. The molecule has 0 amide bonds. The van der Waals surface area contributed by atoms with Crippen LogP contribution in [0, 0.1) is 17.8 Å². The molecule has 0 saturated heterocycles. The number of aromatic nitrogens is 4. The molecule has 2 aliphatic carbocycles. The molecule has 0 aromatic carbocycles. The van der Waals surface area contributed by atoms with E-state index in [0.717, 1.165) is 12.8 Å². The topological polar surface area (TPSA) is 83.8 Å². The Morgan fingerprint density at radius 3 is 2.89 bits per heavy atom. The van der Waals surface area contributed by atoms with Gasteiger partial charge in [0.15, 0.2) is 11.2 Å². The van der Waals surface area contributed by atoms with E-state index in [4.69, 9.17) is 11.6 Å². The van der Waals surface area contributed by atoms with Crippen LogP contribution in [0.25, 0.3) is 11.2 Å². The van der Waals surface area contributed by atoms with Crippen molar-refractivity contribution in [1.29, 1.82) is 0 Å². The van der Waals surface area contributed by atoms with Crippen LogP contribution in [0.5, 0.6) is 0 Å².